The van der Waals surface area contributed by atoms with Crippen molar-refractivity contribution in [2.24, 2.45) is 0 Å². The molecule has 0 radical (unpaired) electrons. The quantitative estimate of drug-likeness (QED) is 0.847. The van der Waals surface area contributed by atoms with E-state index in [2.05, 4.69) is 53.5 Å². The van der Waals surface area contributed by atoms with Crippen molar-refractivity contribution in [2.45, 2.75) is 25.4 Å². The van der Waals surface area contributed by atoms with Crippen LogP contribution < -0.4 is 5.32 Å². The molecule has 1 fully saturated rings. The second-order valence-corrected chi connectivity index (χ2v) is 6.93. The standard InChI is InChI=1S/C20H29N3O/c1-22(2)14-15-23-12-10-18(11-13-23)21-16-19-8-9-20(24-19)17-6-4-3-5-7-17/h3-9,18,21H,10-16H2,1-2H3. The molecule has 0 unspecified atom stereocenters. The molecule has 1 aliphatic heterocycles. The van der Waals surface area contributed by atoms with Gasteiger partial charge in [-0.25, -0.2) is 0 Å². The van der Waals surface area contributed by atoms with Crippen LogP contribution in [0, 0.1) is 0 Å². The molecular formula is C20H29N3O. The Hall–Kier alpha value is -1.62. The fourth-order valence-electron chi connectivity index (χ4n) is 3.18. The van der Waals surface area contributed by atoms with Crippen LogP contribution in [0.5, 0.6) is 0 Å². The molecule has 4 nitrogen and oxygen atoms in total. The minimum atomic E-state index is 0.603. The molecule has 0 aliphatic carbocycles. The van der Waals surface area contributed by atoms with Crippen molar-refractivity contribution in [2.75, 3.05) is 40.3 Å². The van der Waals surface area contributed by atoms with Gasteiger partial charge in [0.15, 0.2) is 0 Å². The first kappa shape index (κ1) is 17.2. The molecule has 0 bridgehead atoms. The molecule has 2 aromatic rings. The SMILES string of the molecule is CN(C)CCN1CCC(NCc2ccc(-c3ccccc3)o2)CC1. The van der Waals surface area contributed by atoms with Crippen molar-refractivity contribution in [3.8, 4) is 11.3 Å². The van der Waals surface area contributed by atoms with Crippen LogP contribution in [-0.2, 0) is 6.54 Å². The van der Waals surface area contributed by atoms with Gasteiger partial charge >= 0.3 is 0 Å². The van der Waals surface area contributed by atoms with Crippen LogP contribution >= 0.6 is 0 Å². The number of rotatable bonds is 7. The zero-order chi connectivity index (χ0) is 16.8. The highest BCUT2D eigenvalue weighted by molar-refractivity contribution is 5.57. The smallest absolute Gasteiger partial charge is 0.134 e. The van der Waals surface area contributed by atoms with Crippen molar-refractivity contribution in [3.63, 3.8) is 0 Å². The van der Waals surface area contributed by atoms with Gasteiger partial charge in [0, 0.05) is 24.7 Å². The number of furan rings is 1. The summed E-state index contributed by atoms with van der Waals surface area (Å²) >= 11 is 0. The number of benzene rings is 1. The minimum absolute atomic E-state index is 0.603. The van der Waals surface area contributed by atoms with Crippen molar-refractivity contribution in [1.82, 2.24) is 15.1 Å². The minimum Gasteiger partial charge on any atom is -0.460 e. The first-order valence-corrected chi connectivity index (χ1v) is 8.95. The normalized spacial score (nSPS) is 16.8. The van der Waals surface area contributed by atoms with Crippen molar-refractivity contribution in [1.29, 1.82) is 0 Å². The fraction of sp³-hybridized carbons (Fsp3) is 0.500. The molecule has 24 heavy (non-hydrogen) atoms. The van der Waals surface area contributed by atoms with Crippen molar-refractivity contribution < 1.29 is 4.42 Å². The highest BCUT2D eigenvalue weighted by Gasteiger charge is 2.18. The molecule has 0 atom stereocenters. The summed E-state index contributed by atoms with van der Waals surface area (Å²) in [7, 11) is 4.28. The van der Waals surface area contributed by atoms with E-state index in [1.54, 1.807) is 0 Å². The molecule has 0 spiro atoms. The third-order valence-corrected chi connectivity index (χ3v) is 4.74. The maximum Gasteiger partial charge on any atom is 0.134 e. The van der Waals surface area contributed by atoms with Crippen LogP contribution in [0.1, 0.15) is 18.6 Å². The number of hydrogen-bond acceptors (Lipinski definition) is 4. The van der Waals surface area contributed by atoms with Gasteiger partial charge in [-0.15, -0.1) is 0 Å². The summed E-state index contributed by atoms with van der Waals surface area (Å²) in [4.78, 5) is 4.82. The lowest BCUT2D eigenvalue weighted by molar-refractivity contribution is 0.181. The zero-order valence-electron chi connectivity index (χ0n) is 14.9. The Morgan fingerprint density at radius 2 is 1.83 bits per heavy atom. The molecule has 1 saturated heterocycles. The van der Waals surface area contributed by atoms with Gasteiger partial charge in [-0.05, 0) is 52.2 Å². The van der Waals surface area contributed by atoms with E-state index in [-0.39, 0.29) is 0 Å². The largest absolute Gasteiger partial charge is 0.460 e. The monoisotopic (exact) mass is 327 g/mol. The maximum absolute atomic E-state index is 5.97. The summed E-state index contributed by atoms with van der Waals surface area (Å²) in [6, 6.07) is 15.0. The van der Waals surface area contributed by atoms with Crippen molar-refractivity contribution in [3.05, 3.63) is 48.2 Å². The molecular weight excluding hydrogens is 298 g/mol. The molecule has 0 saturated carbocycles. The number of piperidine rings is 1. The maximum atomic E-state index is 5.97. The number of likely N-dealkylation sites (N-methyl/N-ethyl adjacent to an activating group) is 1. The molecule has 2 heterocycles. The average molecular weight is 327 g/mol. The number of nitrogens with zero attached hydrogens (tertiary/aromatic N) is 2. The first-order valence-electron chi connectivity index (χ1n) is 8.95. The van der Waals surface area contributed by atoms with E-state index in [9.17, 15) is 0 Å². The number of hydrogen-bond donors (Lipinski definition) is 1. The van der Waals surface area contributed by atoms with E-state index in [4.69, 9.17) is 4.42 Å². The van der Waals surface area contributed by atoms with Gasteiger partial charge in [-0.3, -0.25) is 0 Å². The van der Waals surface area contributed by atoms with Crippen LogP contribution in [0.4, 0.5) is 0 Å². The summed E-state index contributed by atoms with van der Waals surface area (Å²) < 4.78 is 5.97. The average Bonchev–Trinajstić information content (AvgIpc) is 3.09. The predicted octanol–water partition coefficient (Wildman–Crippen LogP) is 3.06. The second-order valence-electron chi connectivity index (χ2n) is 6.93. The fourth-order valence-corrected chi connectivity index (χ4v) is 3.18. The van der Waals surface area contributed by atoms with Crippen LogP contribution in [0.2, 0.25) is 0 Å². The summed E-state index contributed by atoms with van der Waals surface area (Å²) in [6.07, 6.45) is 2.44. The Morgan fingerprint density at radius 3 is 2.54 bits per heavy atom. The van der Waals surface area contributed by atoms with Gasteiger partial charge in [0.05, 0.1) is 6.54 Å². The summed E-state index contributed by atoms with van der Waals surface area (Å²) in [5.41, 5.74) is 1.14. The Bertz CT molecular complexity index is 600. The lowest BCUT2D eigenvalue weighted by Crippen LogP contribution is -2.44. The van der Waals surface area contributed by atoms with Gasteiger partial charge in [0.25, 0.3) is 0 Å². The molecule has 0 amide bonds. The molecule has 3 rings (SSSR count). The Labute approximate surface area is 145 Å². The van der Waals surface area contributed by atoms with Gasteiger partial charge in [-0.1, -0.05) is 30.3 Å². The molecule has 1 aromatic heterocycles. The first-order chi connectivity index (χ1) is 11.7. The summed E-state index contributed by atoms with van der Waals surface area (Å²) in [5.74, 6) is 1.97. The zero-order valence-corrected chi connectivity index (χ0v) is 14.9. The molecule has 4 heteroatoms. The second kappa shape index (κ2) is 8.47. The third-order valence-electron chi connectivity index (χ3n) is 4.74. The molecule has 130 valence electrons. The van der Waals surface area contributed by atoms with Gasteiger partial charge in [0.2, 0.25) is 0 Å². The van der Waals surface area contributed by atoms with Crippen LogP contribution in [-0.4, -0.2) is 56.1 Å². The van der Waals surface area contributed by atoms with Crippen LogP contribution in [0.15, 0.2) is 46.9 Å². The molecule has 1 N–H and O–H groups in total. The lowest BCUT2D eigenvalue weighted by atomic mass is 10.1. The summed E-state index contributed by atoms with van der Waals surface area (Å²) in [5, 5.41) is 3.66. The van der Waals surface area contributed by atoms with E-state index < -0.39 is 0 Å². The van der Waals surface area contributed by atoms with E-state index in [1.807, 2.05) is 18.2 Å². The topological polar surface area (TPSA) is 31.6 Å². The number of likely N-dealkylation sites (tertiary alicyclic amines) is 1. The Morgan fingerprint density at radius 1 is 1.08 bits per heavy atom. The van der Waals surface area contributed by atoms with E-state index in [0.29, 0.717) is 6.04 Å². The van der Waals surface area contributed by atoms with Crippen LogP contribution in [0.25, 0.3) is 11.3 Å². The third kappa shape index (κ3) is 4.94. The predicted molar refractivity (Wildman–Crippen MR) is 99.0 cm³/mol. The van der Waals surface area contributed by atoms with Gasteiger partial charge in [0.1, 0.15) is 11.5 Å². The Balaban J connectivity index is 1.42. The van der Waals surface area contributed by atoms with Gasteiger partial charge < -0.3 is 19.5 Å². The molecule has 1 aliphatic rings. The van der Waals surface area contributed by atoms with E-state index >= 15 is 0 Å². The van der Waals surface area contributed by atoms with Gasteiger partial charge in [-0.2, -0.15) is 0 Å². The highest BCUT2D eigenvalue weighted by atomic mass is 16.3. The molecule has 1 aromatic carbocycles. The van der Waals surface area contributed by atoms with E-state index in [1.165, 1.54) is 32.5 Å². The number of nitrogens with one attached hydrogen (secondary N) is 1. The lowest BCUT2D eigenvalue weighted by Gasteiger charge is -2.32. The summed E-state index contributed by atoms with van der Waals surface area (Å²) in [6.45, 7) is 5.53. The Kier molecular flexibility index (Phi) is 6.07. The van der Waals surface area contributed by atoms with Crippen molar-refractivity contribution >= 4 is 0 Å². The highest BCUT2D eigenvalue weighted by Crippen LogP contribution is 2.22. The van der Waals surface area contributed by atoms with Crippen LogP contribution in [0.3, 0.4) is 0 Å². The van der Waals surface area contributed by atoms with E-state index in [0.717, 1.165) is 30.2 Å².